The molecule has 1 aliphatic heterocycles. The number of aromatic nitrogens is 1. The van der Waals surface area contributed by atoms with Crippen molar-refractivity contribution in [3.05, 3.63) is 84.5 Å². The molecule has 2 aromatic rings. The Balaban J connectivity index is 1.70. The van der Waals surface area contributed by atoms with Crippen LogP contribution in [0, 0.1) is 0 Å². The number of nitrogens with zero attached hydrogens (tertiary/aromatic N) is 2. The van der Waals surface area contributed by atoms with Crippen LogP contribution >= 0.6 is 11.6 Å². The molecule has 38 heavy (non-hydrogen) atoms. The molecule has 0 radical (unpaired) electrons. The minimum Gasteiger partial charge on any atom is -0.484 e. The van der Waals surface area contributed by atoms with E-state index < -0.39 is 11.9 Å². The largest absolute Gasteiger partial charge is 0.484 e. The van der Waals surface area contributed by atoms with Crippen molar-refractivity contribution < 1.29 is 19.0 Å². The molecule has 1 unspecified atom stereocenters. The number of rotatable bonds is 12. The fourth-order valence-corrected chi connectivity index (χ4v) is 4.82. The Morgan fingerprint density at radius 1 is 1.32 bits per heavy atom. The maximum atomic E-state index is 13.8. The molecule has 3 rings (SSSR count). The number of aliphatic hydroxyl groups excluding tert-OH is 1. The van der Waals surface area contributed by atoms with Gasteiger partial charge in [-0.2, -0.15) is 0 Å². The first-order chi connectivity index (χ1) is 18.1. The fourth-order valence-electron chi connectivity index (χ4n) is 4.54. The van der Waals surface area contributed by atoms with Crippen molar-refractivity contribution in [1.82, 2.24) is 14.8 Å². The number of ether oxygens (including phenoxy) is 1. The number of amides is 1. The van der Waals surface area contributed by atoms with Crippen LogP contribution in [0.5, 0.6) is 5.75 Å². The molecule has 1 aromatic heterocycles. The van der Waals surface area contributed by atoms with Gasteiger partial charge in [-0.05, 0) is 54.7 Å². The number of hydrogen-bond donors (Lipinski definition) is 3. The summed E-state index contributed by atoms with van der Waals surface area (Å²) in [7, 11) is 0. The first-order valence-electron chi connectivity index (χ1n) is 12.5. The predicted molar refractivity (Wildman–Crippen MR) is 152 cm³/mol. The number of anilines is 1. The standard InChI is InChI=1S/C29H36ClFN4O3/c1-5-19(2)28(29(30)20(3)31)21(4)38-26-16-22(6-7-25(26)32)23-8-14-35(17-23)24-9-12-34(13-10-24)18-27(37)33-11-15-36/h5-8,14,16-17,21,24,36H,1-3,9-13,15,18,32H2,4H3,(H,33,37). The number of nitrogen functional groups attached to an aromatic ring is 1. The van der Waals surface area contributed by atoms with Crippen LogP contribution in [0.1, 0.15) is 25.8 Å². The van der Waals surface area contributed by atoms with Gasteiger partial charge >= 0.3 is 0 Å². The summed E-state index contributed by atoms with van der Waals surface area (Å²) in [5.74, 6) is -0.400. The molecular formula is C29H36ClFN4O3. The van der Waals surface area contributed by atoms with Crippen molar-refractivity contribution >= 4 is 23.2 Å². The molecule has 9 heteroatoms. The average molecular weight is 543 g/mol. The lowest BCUT2D eigenvalue weighted by molar-refractivity contribution is -0.122. The lowest BCUT2D eigenvalue weighted by atomic mass is 10.0. The van der Waals surface area contributed by atoms with Crippen molar-refractivity contribution in [1.29, 1.82) is 0 Å². The second-order valence-electron chi connectivity index (χ2n) is 9.30. The van der Waals surface area contributed by atoms with Gasteiger partial charge in [0, 0.05) is 43.6 Å². The van der Waals surface area contributed by atoms with E-state index in [0.717, 1.165) is 37.1 Å². The van der Waals surface area contributed by atoms with Crippen LogP contribution in [0.15, 0.2) is 84.5 Å². The highest BCUT2D eigenvalue weighted by molar-refractivity contribution is 6.32. The van der Waals surface area contributed by atoms with Crippen LogP contribution in [-0.2, 0) is 4.79 Å². The number of nitrogens with two attached hydrogens (primary N) is 1. The molecule has 1 saturated heterocycles. The molecule has 204 valence electrons. The smallest absolute Gasteiger partial charge is 0.234 e. The summed E-state index contributed by atoms with van der Waals surface area (Å²) in [5, 5.41) is 11.4. The van der Waals surface area contributed by atoms with Gasteiger partial charge in [0.15, 0.2) is 0 Å². The number of carbonyl (C=O) groups is 1. The van der Waals surface area contributed by atoms with Gasteiger partial charge in [-0.15, -0.1) is 0 Å². The average Bonchev–Trinajstić information content (AvgIpc) is 3.39. The van der Waals surface area contributed by atoms with E-state index in [4.69, 9.17) is 27.2 Å². The summed E-state index contributed by atoms with van der Waals surface area (Å²) in [5.41, 5.74) is 9.35. The molecule has 4 N–H and O–H groups in total. The lowest BCUT2D eigenvalue weighted by Gasteiger charge is -2.32. The second kappa shape index (κ2) is 13.5. The Morgan fingerprint density at radius 2 is 2.03 bits per heavy atom. The first kappa shape index (κ1) is 29.2. The SMILES string of the molecule is C=CC(=C)C(=C(Cl)C(=C)F)C(C)Oc1cc(-c2ccn(C3CCN(CC(=O)NCCO)CC3)c2)ccc1N. The summed E-state index contributed by atoms with van der Waals surface area (Å²) in [4.78, 5) is 14.1. The summed E-state index contributed by atoms with van der Waals surface area (Å²) in [6.07, 6.45) is 6.85. The summed E-state index contributed by atoms with van der Waals surface area (Å²) in [6, 6.07) is 7.93. The van der Waals surface area contributed by atoms with Crippen LogP contribution in [0.25, 0.3) is 11.1 Å². The van der Waals surface area contributed by atoms with Crippen LogP contribution in [-0.4, -0.2) is 59.4 Å². The third-order valence-corrected chi connectivity index (χ3v) is 7.03. The number of piperidine rings is 1. The third-order valence-electron chi connectivity index (χ3n) is 6.62. The zero-order chi connectivity index (χ0) is 27.8. The third kappa shape index (κ3) is 7.37. The Hall–Kier alpha value is -3.33. The number of halogens is 2. The molecule has 7 nitrogen and oxygen atoms in total. The highest BCUT2D eigenvalue weighted by Crippen LogP contribution is 2.34. The zero-order valence-electron chi connectivity index (χ0n) is 21.8. The molecule has 0 aliphatic carbocycles. The van der Waals surface area contributed by atoms with Gasteiger partial charge in [-0.3, -0.25) is 9.69 Å². The minimum absolute atomic E-state index is 0.0583. The highest BCUT2D eigenvalue weighted by Gasteiger charge is 2.23. The van der Waals surface area contributed by atoms with Crippen molar-refractivity contribution in [3.8, 4) is 16.9 Å². The molecule has 1 amide bonds. The fraction of sp³-hybridized carbons (Fsp3) is 0.345. The van der Waals surface area contributed by atoms with Crippen molar-refractivity contribution in [3.63, 3.8) is 0 Å². The number of allylic oxidation sites excluding steroid dienone is 3. The maximum absolute atomic E-state index is 13.8. The van der Waals surface area contributed by atoms with E-state index in [2.05, 4.69) is 46.9 Å². The number of nitrogens with one attached hydrogen (secondary N) is 1. The molecule has 0 spiro atoms. The number of likely N-dealkylation sites (tertiary alicyclic amines) is 1. The van der Waals surface area contributed by atoms with Gasteiger partial charge in [0.2, 0.25) is 5.91 Å². The van der Waals surface area contributed by atoms with E-state index in [0.29, 0.717) is 35.2 Å². The van der Waals surface area contributed by atoms with E-state index >= 15 is 0 Å². The highest BCUT2D eigenvalue weighted by atomic mass is 35.5. The molecule has 0 bridgehead atoms. The normalized spacial score (nSPS) is 15.9. The van der Waals surface area contributed by atoms with E-state index in [-0.39, 0.29) is 24.1 Å². The van der Waals surface area contributed by atoms with Gasteiger partial charge < -0.3 is 25.5 Å². The topological polar surface area (TPSA) is 92.8 Å². The van der Waals surface area contributed by atoms with Crippen molar-refractivity contribution in [2.45, 2.75) is 31.9 Å². The summed E-state index contributed by atoms with van der Waals surface area (Å²) >= 11 is 6.16. The quantitative estimate of drug-likeness (QED) is 0.260. The molecule has 1 aliphatic rings. The minimum atomic E-state index is -0.779. The molecular weight excluding hydrogens is 507 g/mol. The van der Waals surface area contributed by atoms with E-state index in [1.807, 2.05) is 18.2 Å². The second-order valence-corrected chi connectivity index (χ2v) is 9.68. The van der Waals surface area contributed by atoms with E-state index in [1.165, 1.54) is 6.08 Å². The van der Waals surface area contributed by atoms with E-state index in [1.54, 1.807) is 13.0 Å². The van der Waals surface area contributed by atoms with Gasteiger partial charge in [0.25, 0.3) is 0 Å². The number of benzene rings is 1. The Morgan fingerprint density at radius 3 is 2.66 bits per heavy atom. The van der Waals surface area contributed by atoms with Gasteiger partial charge in [0.05, 0.1) is 23.9 Å². The molecule has 0 saturated carbocycles. The number of hydrogen-bond acceptors (Lipinski definition) is 5. The Bertz CT molecular complexity index is 1210. The molecule has 1 aromatic carbocycles. The van der Waals surface area contributed by atoms with Gasteiger partial charge in [-0.1, -0.05) is 43.5 Å². The number of aliphatic hydroxyl groups is 1. The lowest BCUT2D eigenvalue weighted by Crippen LogP contribution is -2.42. The Kier molecular flexibility index (Phi) is 10.4. The van der Waals surface area contributed by atoms with Crippen LogP contribution in [0.3, 0.4) is 0 Å². The monoisotopic (exact) mass is 542 g/mol. The maximum Gasteiger partial charge on any atom is 0.234 e. The molecule has 1 fully saturated rings. The van der Waals surface area contributed by atoms with Crippen LogP contribution < -0.4 is 15.8 Å². The summed E-state index contributed by atoms with van der Waals surface area (Å²) < 4.78 is 22.1. The van der Waals surface area contributed by atoms with Crippen molar-refractivity contribution in [2.75, 3.05) is 38.5 Å². The molecule has 1 atom stereocenters. The number of carbonyl (C=O) groups excluding carboxylic acids is 1. The van der Waals surface area contributed by atoms with Gasteiger partial charge in [-0.25, -0.2) is 4.39 Å². The van der Waals surface area contributed by atoms with E-state index in [9.17, 15) is 9.18 Å². The molecule has 2 heterocycles. The summed E-state index contributed by atoms with van der Waals surface area (Å²) in [6.45, 7) is 14.8. The van der Waals surface area contributed by atoms with Gasteiger partial charge in [0.1, 0.15) is 17.7 Å². The van der Waals surface area contributed by atoms with Crippen LogP contribution in [0.4, 0.5) is 10.1 Å². The zero-order valence-corrected chi connectivity index (χ0v) is 22.5. The van der Waals surface area contributed by atoms with Crippen LogP contribution in [0.2, 0.25) is 0 Å². The van der Waals surface area contributed by atoms with Crippen molar-refractivity contribution in [2.24, 2.45) is 0 Å². The first-order valence-corrected chi connectivity index (χ1v) is 12.9. The predicted octanol–water partition coefficient (Wildman–Crippen LogP) is 4.97. The Labute approximate surface area is 228 Å².